The normalized spacial score (nSPS) is 10.6. The van der Waals surface area contributed by atoms with Crippen LogP contribution in [0.2, 0.25) is 0 Å². The number of benzene rings is 1. The van der Waals surface area contributed by atoms with Gasteiger partial charge in [-0.15, -0.1) is 0 Å². The summed E-state index contributed by atoms with van der Waals surface area (Å²) in [6.07, 6.45) is 4.09. The molecule has 3 nitrogen and oxygen atoms in total. The van der Waals surface area contributed by atoms with Gasteiger partial charge in [-0.1, -0.05) is 37.6 Å². The van der Waals surface area contributed by atoms with Gasteiger partial charge in [-0.3, -0.25) is 0 Å². The van der Waals surface area contributed by atoms with Crippen molar-refractivity contribution in [2.24, 2.45) is 5.73 Å². The molecular formula is C13H17N3. The Balaban J connectivity index is 2.21. The molecule has 0 bridgehead atoms. The fourth-order valence-electron chi connectivity index (χ4n) is 1.70. The lowest BCUT2D eigenvalue weighted by Gasteiger charge is -1.99. The number of hydrogen-bond donors (Lipinski definition) is 2. The zero-order chi connectivity index (χ0) is 11.4. The van der Waals surface area contributed by atoms with Gasteiger partial charge in [-0.05, 0) is 12.0 Å². The molecule has 2 aromatic rings. The van der Waals surface area contributed by atoms with Crippen molar-refractivity contribution < 1.29 is 0 Å². The number of aromatic nitrogens is 2. The molecule has 16 heavy (non-hydrogen) atoms. The summed E-state index contributed by atoms with van der Waals surface area (Å²) in [7, 11) is 0. The number of nitrogens with one attached hydrogen (secondary N) is 1. The second-order valence-electron chi connectivity index (χ2n) is 3.91. The van der Waals surface area contributed by atoms with Gasteiger partial charge in [-0.25, -0.2) is 4.98 Å². The van der Waals surface area contributed by atoms with Crippen molar-refractivity contribution in [1.82, 2.24) is 9.97 Å². The minimum absolute atomic E-state index is 0.583. The lowest BCUT2D eigenvalue weighted by atomic mass is 10.1. The lowest BCUT2D eigenvalue weighted by molar-refractivity contribution is 0.893. The summed E-state index contributed by atoms with van der Waals surface area (Å²) in [5.41, 5.74) is 9.01. The molecule has 2 rings (SSSR count). The van der Waals surface area contributed by atoms with Crippen molar-refractivity contribution in [2.45, 2.75) is 26.3 Å². The Morgan fingerprint density at radius 1 is 1.25 bits per heavy atom. The molecule has 84 valence electrons. The maximum absolute atomic E-state index is 5.56. The third-order valence-corrected chi connectivity index (χ3v) is 2.61. The van der Waals surface area contributed by atoms with Gasteiger partial charge >= 0.3 is 0 Å². The number of H-pyrrole nitrogens is 1. The van der Waals surface area contributed by atoms with Crippen LogP contribution in [0.25, 0.3) is 11.4 Å². The smallest absolute Gasteiger partial charge is 0.137 e. The van der Waals surface area contributed by atoms with E-state index in [4.69, 9.17) is 5.73 Å². The number of rotatable bonds is 4. The first kappa shape index (κ1) is 10.9. The SMILES string of the molecule is CCCc1cnc(-c2ccc(CN)cc2)[nH]1. The highest BCUT2D eigenvalue weighted by Gasteiger charge is 2.02. The number of hydrogen-bond acceptors (Lipinski definition) is 2. The van der Waals surface area contributed by atoms with Crippen LogP contribution in [0, 0.1) is 0 Å². The highest BCUT2D eigenvalue weighted by atomic mass is 14.9. The molecule has 0 spiro atoms. The van der Waals surface area contributed by atoms with Crippen LogP contribution < -0.4 is 5.73 Å². The average Bonchev–Trinajstić information content (AvgIpc) is 2.78. The summed E-state index contributed by atoms with van der Waals surface area (Å²) < 4.78 is 0. The third kappa shape index (κ3) is 2.31. The Morgan fingerprint density at radius 3 is 2.62 bits per heavy atom. The Hall–Kier alpha value is -1.61. The summed E-state index contributed by atoms with van der Waals surface area (Å²) in [6.45, 7) is 2.75. The molecule has 1 aromatic carbocycles. The van der Waals surface area contributed by atoms with Crippen LogP contribution in [0.1, 0.15) is 24.6 Å². The molecule has 0 aliphatic carbocycles. The van der Waals surface area contributed by atoms with Gasteiger partial charge in [0.25, 0.3) is 0 Å². The van der Waals surface area contributed by atoms with Crippen LogP contribution in [0.3, 0.4) is 0 Å². The van der Waals surface area contributed by atoms with Gasteiger partial charge in [0.1, 0.15) is 5.82 Å². The van der Waals surface area contributed by atoms with Gasteiger partial charge in [0, 0.05) is 24.0 Å². The fraction of sp³-hybridized carbons (Fsp3) is 0.308. The first-order valence-electron chi connectivity index (χ1n) is 5.66. The van der Waals surface area contributed by atoms with Crippen LogP contribution in [-0.2, 0) is 13.0 Å². The maximum atomic E-state index is 5.56. The predicted molar refractivity (Wildman–Crippen MR) is 65.9 cm³/mol. The van der Waals surface area contributed by atoms with Crippen LogP contribution in [-0.4, -0.2) is 9.97 Å². The van der Waals surface area contributed by atoms with Crippen molar-refractivity contribution in [3.63, 3.8) is 0 Å². The topological polar surface area (TPSA) is 54.7 Å². The maximum Gasteiger partial charge on any atom is 0.137 e. The van der Waals surface area contributed by atoms with Crippen molar-refractivity contribution in [2.75, 3.05) is 0 Å². The molecule has 0 aliphatic heterocycles. The quantitative estimate of drug-likeness (QED) is 0.823. The third-order valence-electron chi connectivity index (χ3n) is 2.61. The van der Waals surface area contributed by atoms with Crippen molar-refractivity contribution in [3.8, 4) is 11.4 Å². The molecule has 0 fully saturated rings. The van der Waals surface area contributed by atoms with E-state index in [2.05, 4.69) is 29.0 Å². The van der Waals surface area contributed by atoms with Crippen LogP contribution in [0.5, 0.6) is 0 Å². The molecule has 0 unspecified atom stereocenters. The fourth-order valence-corrected chi connectivity index (χ4v) is 1.70. The predicted octanol–water partition coefficient (Wildman–Crippen LogP) is 2.49. The van der Waals surface area contributed by atoms with Crippen LogP contribution >= 0.6 is 0 Å². The zero-order valence-electron chi connectivity index (χ0n) is 9.53. The number of nitrogens with two attached hydrogens (primary N) is 1. The second-order valence-corrected chi connectivity index (χ2v) is 3.91. The molecule has 0 amide bonds. The van der Waals surface area contributed by atoms with E-state index >= 15 is 0 Å². The Morgan fingerprint density at radius 2 is 2.00 bits per heavy atom. The second kappa shape index (κ2) is 4.94. The number of imidazole rings is 1. The zero-order valence-corrected chi connectivity index (χ0v) is 9.53. The van der Waals surface area contributed by atoms with Gasteiger partial charge in [0.2, 0.25) is 0 Å². The molecule has 0 saturated heterocycles. The standard InChI is InChI=1S/C13H17N3/c1-2-3-12-9-15-13(16-12)11-6-4-10(8-14)5-7-11/h4-7,9H,2-3,8,14H2,1H3,(H,15,16). The summed E-state index contributed by atoms with van der Waals surface area (Å²) in [5.74, 6) is 0.937. The Labute approximate surface area is 95.7 Å². The molecule has 1 heterocycles. The summed E-state index contributed by atoms with van der Waals surface area (Å²) in [6, 6.07) is 8.18. The van der Waals surface area contributed by atoms with Crippen molar-refractivity contribution >= 4 is 0 Å². The lowest BCUT2D eigenvalue weighted by Crippen LogP contribution is -1.95. The van der Waals surface area contributed by atoms with E-state index in [1.165, 1.54) is 5.69 Å². The van der Waals surface area contributed by atoms with Gasteiger partial charge in [0.05, 0.1) is 0 Å². The first-order chi connectivity index (χ1) is 7.83. The number of aryl methyl sites for hydroxylation is 1. The molecule has 3 heteroatoms. The van der Waals surface area contributed by atoms with E-state index < -0.39 is 0 Å². The summed E-state index contributed by atoms with van der Waals surface area (Å²) in [4.78, 5) is 7.70. The highest BCUT2D eigenvalue weighted by Crippen LogP contribution is 2.16. The Bertz CT molecular complexity index is 442. The van der Waals surface area contributed by atoms with E-state index in [1.807, 2.05) is 18.3 Å². The van der Waals surface area contributed by atoms with Crippen LogP contribution in [0.4, 0.5) is 0 Å². The van der Waals surface area contributed by atoms with Gasteiger partial charge in [0.15, 0.2) is 0 Å². The molecule has 3 N–H and O–H groups in total. The molecular weight excluding hydrogens is 198 g/mol. The largest absolute Gasteiger partial charge is 0.342 e. The van der Waals surface area contributed by atoms with Crippen LogP contribution in [0.15, 0.2) is 30.5 Å². The van der Waals surface area contributed by atoms with E-state index in [0.29, 0.717) is 6.54 Å². The van der Waals surface area contributed by atoms with E-state index in [0.717, 1.165) is 29.8 Å². The molecule has 0 aliphatic rings. The highest BCUT2D eigenvalue weighted by molar-refractivity contribution is 5.55. The number of aromatic amines is 1. The number of nitrogens with zero attached hydrogens (tertiary/aromatic N) is 1. The van der Waals surface area contributed by atoms with E-state index in [-0.39, 0.29) is 0 Å². The van der Waals surface area contributed by atoms with Gasteiger partial charge < -0.3 is 10.7 Å². The van der Waals surface area contributed by atoms with E-state index in [1.54, 1.807) is 0 Å². The summed E-state index contributed by atoms with van der Waals surface area (Å²) >= 11 is 0. The Kier molecular flexibility index (Phi) is 3.37. The summed E-state index contributed by atoms with van der Waals surface area (Å²) in [5, 5.41) is 0. The van der Waals surface area contributed by atoms with E-state index in [9.17, 15) is 0 Å². The molecule has 0 saturated carbocycles. The monoisotopic (exact) mass is 215 g/mol. The minimum Gasteiger partial charge on any atom is -0.342 e. The minimum atomic E-state index is 0.583. The molecule has 0 atom stereocenters. The van der Waals surface area contributed by atoms with Gasteiger partial charge in [-0.2, -0.15) is 0 Å². The molecule has 0 radical (unpaired) electrons. The molecule has 1 aromatic heterocycles. The average molecular weight is 215 g/mol. The van der Waals surface area contributed by atoms with Crippen molar-refractivity contribution in [1.29, 1.82) is 0 Å². The van der Waals surface area contributed by atoms with Crippen molar-refractivity contribution in [3.05, 3.63) is 41.7 Å². The first-order valence-corrected chi connectivity index (χ1v) is 5.66.